The van der Waals surface area contributed by atoms with Crippen LogP contribution in [0.5, 0.6) is 0 Å². The Labute approximate surface area is 94.3 Å². The summed E-state index contributed by atoms with van der Waals surface area (Å²) >= 11 is 0. The normalized spacial score (nSPS) is 25.1. The Morgan fingerprint density at radius 2 is 2.20 bits per heavy atom. The van der Waals surface area contributed by atoms with Crippen molar-refractivity contribution < 1.29 is 9.53 Å². The molecule has 0 bridgehead atoms. The fourth-order valence-corrected chi connectivity index (χ4v) is 2.88. The largest absolute Gasteiger partial charge is 0.444 e. The highest BCUT2D eigenvalue weighted by Crippen LogP contribution is 2.13. The highest BCUT2D eigenvalue weighted by molar-refractivity contribution is 6.34. The quantitative estimate of drug-likeness (QED) is 0.624. The van der Waals surface area contributed by atoms with Gasteiger partial charge in [0.2, 0.25) is 0 Å². The van der Waals surface area contributed by atoms with E-state index in [4.69, 9.17) is 4.74 Å². The van der Waals surface area contributed by atoms with Crippen LogP contribution < -0.4 is 4.98 Å². The van der Waals surface area contributed by atoms with Crippen LogP contribution in [0.1, 0.15) is 27.7 Å². The van der Waals surface area contributed by atoms with Crippen molar-refractivity contribution in [1.82, 2.24) is 9.88 Å². The van der Waals surface area contributed by atoms with Crippen LogP contribution in [0.25, 0.3) is 0 Å². The highest BCUT2D eigenvalue weighted by atomic mass is 28.2. The van der Waals surface area contributed by atoms with Gasteiger partial charge >= 0.3 is 6.09 Å². The lowest BCUT2D eigenvalue weighted by atomic mass is 10.2. The summed E-state index contributed by atoms with van der Waals surface area (Å²) < 4.78 is 5.36. The van der Waals surface area contributed by atoms with Gasteiger partial charge in [-0.1, -0.05) is 6.92 Å². The summed E-state index contributed by atoms with van der Waals surface area (Å²) in [4.78, 5) is 17.1. The molecule has 1 atom stereocenters. The lowest BCUT2D eigenvalue weighted by Gasteiger charge is -2.27. The van der Waals surface area contributed by atoms with Crippen LogP contribution in [0, 0.1) is 0 Å². The monoisotopic (exact) mass is 230 g/mol. The van der Waals surface area contributed by atoms with Crippen LogP contribution in [0.2, 0.25) is 5.54 Å². The molecule has 5 heteroatoms. The van der Waals surface area contributed by atoms with Gasteiger partial charge in [-0.2, -0.15) is 0 Å². The van der Waals surface area contributed by atoms with E-state index in [-0.39, 0.29) is 15.8 Å². The Kier molecular flexibility index (Phi) is 4.16. The molecule has 0 unspecified atom stereocenters. The molecule has 0 spiro atoms. The fraction of sp³-hybridized carbons (Fsp3) is 0.900. The van der Waals surface area contributed by atoms with E-state index < -0.39 is 5.60 Å². The minimum absolute atomic E-state index is 0.174. The zero-order valence-electron chi connectivity index (χ0n) is 10.2. The third-order valence-corrected chi connectivity index (χ3v) is 3.83. The van der Waals surface area contributed by atoms with Crippen molar-refractivity contribution in [3.8, 4) is 0 Å². The molecule has 1 N–H and O–H groups in total. The molecular formula is C10H22N2O2Si. The number of amides is 1. The maximum absolute atomic E-state index is 11.8. The molecule has 0 radical (unpaired) electrons. The van der Waals surface area contributed by atoms with Crippen molar-refractivity contribution in [2.45, 2.75) is 38.8 Å². The number of nitrogens with one attached hydrogen (secondary N) is 1. The molecule has 0 aliphatic carbocycles. The van der Waals surface area contributed by atoms with Gasteiger partial charge in [-0.3, -0.25) is 0 Å². The van der Waals surface area contributed by atoms with Crippen molar-refractivity contribution in [2.75, 3.05) is 19.6 Å². The molecule has 1 aliphatic rings. The van der Waals surface area contributed by atoms with Crippen molar-refractivity contribution in [2.24, 2.45) is 0 Å². The van der Waals surface area contributed by atoms with E-state index in [2.05, 4.69) is 11.9 Å². The molecule has 0 saturated carbocycles. The number of hydrogen-bond acceptors (Lipinski definition) is 3. The maximum atomic E-state index is 11.8. The second-order valence-electron chi connectivity index (χ2n) is 5.24. The van der Waals surface area contributed by atoms with Crippen LogP contribution in [0.4, 0.5) is 4.79 Å². The van der Waals surface area contributed by atoms with E-state index in [1.807, 2.05) is 25.7 Å². The topological polar surface area (TPSA) is 41.6 Å². The maximum Gasteiger partial charge on any atom is 0.410 e. The molecule has 1 aliphatic heterocycles. The Bertz CT molecular complexity index is 228. The first-order chi connectivity index (χ1) is 6.88. The van der Waals surface area contributed by atoms with Gasteiger partial charge in [-0.05, 0) is 26.3 Å². The first-order valence-electron chi connectivity index (χ1n) is 5.57. The van der Waals surface area contributed by atoms with E-state index >= 15 is 0 Å². The van der Waals surface area contributed by atoms with Crippen molar-refractivity contribution in [1.29, 1.82) is 0 Å². The highest BCUT2D eigenvalue weighted by Gasteiger charge is 2.24. The second-order valence-corrected chi connectivity index (χ2v) is 7.54. The van der Waals surface area contributed by atoms with E-state index in [1.165, 1.54) is 0 Å². The van der Waals surface area contributed by atoms with Crippen LogP contribution in [0.15, 0.2) is 0 Å². The summed E-state index contributed by atoms with van der Waals surface area (Å²) in [7, 11) is -0.207. The Morgan fingerprint density at radius 3 is 2.80 bits per heavy atom. The number of ether oxygens (including phenoxy) is 1. The second kappa shape index (κ2) is 4.98. The molecule has 1 rings (SSSR count). The summed E-state index contributed by atoms with van der Waals surface area (Å²) in [5.41, 5.74) is 0.234. The summed E-state index contributed by atoms with van der Waals surface area (Å²) in [6.07, 6.45) is -0.174. The number of nitrogens with zero attached hydrogens (tertiary/aromatic N) is 1. The molecule has 1 amide bonds. The van der Waals surface area contributed by atoms with Gasteiger partial charge in [0.15, 0.2) is 0 Å². The van der Waals surface area contributed by atoms with E-state index in [9.17, 15) is 4.79 Å². The molecule has 15 heavy (non-hydrogen) atoms. The molecule has 1 fully saturated rings. The molecule has 1 saturated heterocycles. The van der Waals surface area contributed by atoms with Gasteiger partial charge in [0, 0.05) is 19.6 Å². The summed E-state index contributed by atoms with van der Waals surface area (Å²) in [6.45, 7) is 10.4. The minimum atomic E-state index is -0.391. The van der Waals surface area contributed by atoms with Crippen LogP contribution >= 0.6 is 0 Å². The number of rotatable bonds is 0. The van der Waals surface area contributed by atoms with Crippen LogP contribution in [0.3, 0.4) is 0 Å². The molecule has 1 heterocycles. The number of carbonyl (C=O) groups excluding carboxylic acids is 1. The van der Waals surface area contributed by atoms with Crippen molar-refractivity contribution in [3.63, 3.8) is 0 Å². The van der Waals surface area contributed by atoms with Crippen molar-refractivity contribution >= 4 is 15.8 Å². The van der Waals surface area contributed by atoms with E-state index in [1.54, 1.807) is 0 Å². The van der Waals surface area contributed by atoms with Gasteiger partial charge in [-0.15, -0.1) is 0 Å². The summed E-state index contributed by atoms with van der Waals surface area (Å²) in [6, 6.07) is 0. The number of hydrogen-bond donors (Lipinski definition) is 1. The SMILES string of the molecule is C[C@H]1CN(C(=O)OC(C)(C)C)CCN[SiH2]1. The first kappa shape index (κ1) is 12.5. The average Bonchev–Trinajstić information content (AvgIpc) is 2.26. The van der Waals surface area contributed by atoms with Gasteiger partial charge in [0.05, 0.1) is 9.68 Å². The van der Waals surface area contributed by atoms with Crippen molar-refractivity contribution in [3.05, 3.63) is 0 Å². The average molecular weight is 230 g/mol. The fourth-order valence-electron chi connectivity index (χ4n) is 1.59. The smallest absolute Gasteiger partial charge is 0.410 e. The van der Waals surface area contributed by atoms with Gasteiger partial charge in [0.1, 0.15) is 5.60 Å². The minimum Gasteiger partial charge on any atom is -0.444 e. The molecule has 0 aromatic heterocycles. The zero-order valence-corrected chi connectivity index (χ0v) is 11.6. The van der Waals surface area contributed by atoms with Crippen LogP contribution in [-0.4, -0.2) is 45.9 Å². The standard InChI is InChI=1S/C10H22N2O2Si/c1-8-7-12(6-5-11-15-8)9(13)14-10(2,3)4/h8,11H,5-7,15H2,1-4H3/t8-/m0/s1. The predicted molar refractivity (Wildman–Crippen MR) is 63.8 cm³/mol. The Hall–Kier alpha value is -0.553. The Balaban J connectivity index is 2.50. The lowest BCUT2D eigenvalue weighted by Crippen LogP contribution is -2.39. The van der Waals surface area contributed by atoms with Crippen LogP contribution in [-0.2, 0) is 4.74 Å². The molecular weight excluding hydrogens is 208 g/mol. The van der Waals surface area contributed by atoms with Gasteiger partial charge < -0.3 is 14.6 Å². The zero-order chi connectivity index (χ0) is 11.5. The van der Waals surface area contributed by atoms with Gasteiger partial charge in [-0.25, -0.2) is 4.79 Å². The number of carbonyl (C=O) groups is 1. The van der Waals surface area contributed by atoms with E-state index in [0.717, 1.165) is 19.6 Å². The predicted octanol–water partition coefficient (Wildman–Crippen LogP) is 0.719. The third-order valence-electron chi connectivity index (χ3n) is 2.24. The molecule has 4 nitrogen and oxygen atoms in total. The van der Waals surface area contributed by atoms with Gasteiger partial charge in [0.25, 0.3) is 0 Å². The molecule has 0 aromatic carbocycles. The van der Waals surface area contributed by atoms with E-state index in [0.29, 0.717) is 5.54 Å². The first-order valence-corrected chi connectivity index (χ1v) is 7.09. The summed E-state index contributed by atoms with van der Waals surface area (Å²) in [5.74, 6) is 0. The molecule has 88 valence electrons. The third kappa shape index (κ3) is 4.66. The lowest BCUT2D eigenvalue weighted by molar-refractivity contribution is 0.0259. The molecule has 0 aromatic rings. The summed E-state index contributed by atoms with van der Waals surface area (Å²) in [5, 5.41) is 0. The Morgan fingerprint density at radius 1 is 1.53 bits per heavy atom.